The van der Waals surface area contributed by atoms with E-state index in [2.05, 4.69) is 4.98 Å². The van der Waals surface area contributed by atoms with Gasteiger partial charge in [0.2, 0.25) is 5.91 Å². The average molecular weight is 433 g/mol. The number of hydrogen-bond donors (Lipinski definition) is 1. The lowest BCUT2D eigenvalue weighted by Gasteiger charge is -2.06. The molecule has 0 fully saturated rings. The maximum absolute atomic E-state index is 12.5. The van der Waals surface area contributed by atoms with E-state index >= 15 is 0 Å². The zero-order valence-electron chi connectivity index (χ0n) is 16.0. The first kappa shape index (κ1) is 20.2. The van der Waals surface area contributed by atoms with Crippen molar-refractivity contribution in [3.63, 3.8) is 0 Å². The maximum atomic E-state index is 12.5. The van der Waals surface area contributed by atoms with Crippen molar-refractivity contribution in [3.05, 3.63) is 93.0 Å². The fourth-order valence-electron chi connectivity index (χ4n) is 3.07. The molecular formula is C22H15N3O5S. The SMILES string of the molecule is NC(=O)c1ccc(-c2nc(COC(=O)c3cc([N+](=O)[O-])c4ccccc4c3)cs2)cc1. The van der Waals surface area contributed by atoms with E-state index in [0.29, 0.717) is 27.0 Å². The Morgan fingerprint density at radius 1 is 1.06 bits per heavy atom. The Morgan fingerprint density at radius 2 is 1.81 bits per heavy atom. The van der Waals surface area contributed by atoms with Crippen LogP contribution in [0.2, 0.25) is 0 Å². The van der Waals surface area contributed by atoms with Crippen LogP contribution in [0.4, 0.5) is 5.69 Å². The van der Waals surface area contributed by atoms with Crippen molar-refractivity contribution in [2.45, 2.75) is 6.61 Å². The van der Waals surface area contributed by atoms with E-state index in [1.54, 1.807) is 60.0 Å². The van der Waals surface area contributed by atoms with Gasteiger partial charge >= 0.3 is 5.97 Å². The molecule has 0 unspecified atom stereocenters. The third kappa shape index (κ3) is 4.26. The molecule has 4 aromatic rings. The highest BCUT2D eigenvalue weighted by molar-refractivity contribution is 7.13. The van der Waals surface area contributed by atoms with E-state index in [1.165, 1.54) is 17.4 Å². The molecule has 3 aromatic carbocycles. The fraction of sp³-hybridized carbons (Fsp3) is 0.0455. The number of hydrogen-bond acceptors (Lipinski definition) is 7. The number of nitrogens with two attached hydrogens (primary N) is 1. The van der Waals surface area contributed by atoms with Gasteiger partial charge in [-0.3, -0.25) is 14.9 Å². The smallest absolute Gasteiger partial charge is 0.338 e. The number of nitrogens with zero attached hydrogens (tertiary/aromatic N) is 2. The molecule has 0 spiro atoms. The number of carbonyl (C=O) groups excluding carboxylic acids is 2. The maximum Gasteiger partial charge on any atom is 0.338 e. The van der Waals surface area contributed by atoms with Crippen LogP contribution in [0.25, 0.3) is 21.3 Å². The van der Waals surface area contributed by atoms with Gasteiger partial charge in [-0.25, -0.2) is 9.78 Å². The van der Waals surface area contributed by atoms with Gasteiger partial charge in [0.15, 0.2) is 0 Å². The van der Waals surface area contributed by atoms with Crippen molar-refractivity contribution in [3.8, 4) is 10.6 Å². The second-order valence-corrected chi connectivity index (χ2v) is 7.49. The van der Waals surface area contributed by atoms with E-state index in [1.807, 2.05) is 0 Å². The van der Waals surface area contributed by atoms with Crippen LogP contribution in [0.5, 0.6) is 0 Å². The Kier molecular flexibility index (Phi) is 5.42. The highest BCUT2D eigenvalue weighted by Crippen LogP contribution is 2.28. The molecule has 4 rings (SSSR count). The molecule has 0 aliphatic carbocycles. The number of ether oxygens (including phenoxy) is 1. The standard InChI is InChI=1S/C22H15N3O5S/c23-20(26)13-5-7-14(8-6-13)21-24-17(12-31-21)11-30-22(27)16-9-15-3-1-2-4-18(15)19(10-16)25(28)29/h1-10,12H,11H2,(H2,23,26). The quantitative estimate of drug-likeness (QED) is 0.274. The number of rotatable bonds is 6. The van der Waals surface area contributed by atoms with Crippen LogP contribution in [0, 0.1) is 10.1 Å². The molecule has 0 aliphatic rings. The minimum absolute atomic E-state index is 0.0741. The number of aromatic nitrogens is 1. The van der Waals surface area contributed by atoms with E-state index in [9.17, 15) is 19.7 Å². The van der Waals surface area contributed by atoms with Crippen molar-refractivity contribution in [1.82, 2.24) is 4.98 Å². The minimum atomic E-state index is -0.672. The summed E-state index contributed by atoms with van der Waals surface area (Å²) in [5, 5.41) is 14.9. The van der Waals surface area contributed by atoms with Crippen LogP contribution < -0.4 is 5.73 Å². The number of carbonyl (C=O) groups is 2. The summed E-state index contributed by atoms with van der Waals surface area (Å²) in [5.41, 5.74) is 6.94. The molecule has 1 amide bonds. The number of benzene rings is 3. The summed E-state index contributed by atoms with van der Waals surface area (Å²) in [6.45, 7) is -0.0741. The Labute approximate surface area is 180 Å². The number of primary amides is 1. The first-order valence-electron chi connectivity index (χ1n) is 9.11. The lowest BCUT2D eigenvalue weighted by Crippen LogP contribution is -2.10. The zero-order valence-corrected chi connectivity index (χ0v) is 16.8. The molecule has 1 heterocycles. The number of non-ortho nitro benzene ring substituents is 1. The van der Waals surface area contributed by atoms with E-state index < -0.39 is 16.8 Å². The number of thiazole rings is 1. The summed E-state index contributed by atoms with van der Waals surface area (Å²) in [7, 11) is 0. The molecule has 0 saturated heterocycles. The topological polar surface area (TPSA) is 125 Å². The van der Waals surface area contributed by atoms with Gasteiger partial charge in [-0.15, -0.1) is 11.3 Å². The van der Waals surface area contributed by atoms with E-state index in [4.69, 9.17) is 10.5 Å². The van der Waals surface area contributed by atoms with Gasteiger partial charge in [0, 0.05) is 22.6 Å². The van der Waals surface area contributed by atoms with Gasteiger partial charge < -0.3 is 10.5 Å². The van der Waals surface area contributed by atoms with Crippen LogP contribution in [0.1, 0.15) is 26.4 Å². The van der Waals surface area contributed by atoms with Crippen LogP contribution >= 0.6 is 11.3 Å². The summed E-state index contributed by atoms with van der Waals surface area (Å²) >= 11 is 1.36. The Morgan fingerprint density at radius 3 is 2.52 bits per heavy atom. The molecule has 0 radical (unpaired) electrons. The summed E-state index contributed by atoms with van der Waals surface area (Å²) in [6, 6.07) is 16.3. The monoisotopic (exact) mass is 433 g/mol. The molecule has 31 heavy (non-hydrogen) atoms. The molecule has 8 nitrogen and oxygen atoms in total. The van der Waals surface area contributed by atoms with Crippen LogP contribution in [0.15, 0.2) is 66.0 Å². The number of nitro groups is 1. The van der Waals surface area contributed by atoms with E-state index in [0.717, 1.165) is 5.56 Å². The largest absolute Gasteiger partial charge is 0.456 e. The molecule has 0 saturated carbocycles. The van der Waals surface area contributed by atoms with Crippen molar-refractivity contribution in [2.75, 3.05) is 0 Å². The molecular weight excluding hydrogens is 418 g/mol. The Hall–Kier alpha value is -4.11. The van der Waals surface area contributed by atoms with Crippen LogP contribution in [-0.2, 0) is 11.3 Å². The highest BCUT2D eigenvalue weighted by Gasteiger charge is 2.18. The summed E-state index contributed by atoms with van der Waals surface area (Å²) in [4.78, 5) is 39.0. The van der Waals surface area contributed by atoms with Gasteiger partial charge in [0.05, 0.1) is 21.6 Å². The second kappa shape index (κ2) is 8.33. The van der Waals surface area contributed by atoms with Gasteiger partial charge in [-0.05, 0) is 29.7 Å². The van der Waals surface area contributed by atoms with Gasteiger partial charge in [-0.1, -0.05) is 30.3 Å². The first-order valence-corrected chi connectivity index (χ1v) is 9.99. The highest BCUT2D eigenvalue weighted by atomic mass is 32.1. The molecule has 1 aromatic heterocycles. The van der Waals surface area contributed by atoms with Crippen LogP contribution in [0.3, 0.4) is 0 Å². The van der Waals surface area contributed by atoms with Gasteiger partial charge in [0.25, 0.3) is 5.69 Å². The predicted octanol–water partition coefficient (Wildman–Crippen LogP) is 4.33. The predicted molar refractivity (Wildman–Crippen MR) is 116 cm³/mol. The van der Waals surface area contributed by atoms with E-state index in [-0.39, 0.29) is 17.9 Å². The third-order valence-corrected chi connectivity index (χ3v) is 5.53. The second-order valence-electron chi connectivity index (χ2n) is 6.64. The Bertz CT molecular complexity index is 1310. The molecule has 0 atom stereocenters. The number of esters is 1. The third-order valence-electron chi connectivity index (χ3n) is 4.59. The number of nitro benzene ring substituents is 1. The van der Waals surface area contributed by atoms with Gasteiger partial charge in [-0.2, -0.15) is 0 Å². The van der Waals surface area contributed by atoms with Crippen molar-refractivity contribution < 1.29 is 19.2 Å². The van der Waals surface area contributed by atoms with Crippen LogP contribution in [-0.4, -0.2) is 21.8 Å². The van der Waals surface area contributed by atoms with Crippen molar-refractivity contribution in [1.29, 1.82) is 0 Å². The normalized spacial score (nSPS) is 10.7. The lowest BCUT2D eigenvalue weighted by atomic mass is 10.1. The fourth-order valence-corrected chi connectivity index (χ4v) is 3.88. The summed E-state index contributed by atoms with van der Waals surface area (Å²) in [6.07, 6.45) is 0. The molecule has 2 N–H and O–H groups in total. The Balaban J connectivity index is 1.49. The molecule has 154 valence electrons. The number of amides is 1. The molecule has 0 aliphatic heterocycles. The summed E-state index contributed by atoms with van der Waals surface area (Å²) in [5.74, 6) is -1.18. The first-order chi connectivity index (χ1) is 14.9. The lowest BCUT2D eigenvalue weighted by molar-refractivity contribution is -0.383. The number of fused-ring (bicyclic) bond motifs is 1. The average Bonchev–Trinajstić information content (AvgIpc) is 3.25. The van der Waals surface area contributed by atoms with Crippen molar-refractivity contribution in [2.24, 2.45) is 5.73 Å². The molecule has 0 bridgehead atoms. The van der Waals surface area contributed by atoms with Gasteiger partial charge in [0.1, 0.15) is 11.6 Å². The molecule has 9 heteroatoms. The summed E-state index contributed by atoms with van der Waals surface area (Å²) < 4.78 is 5.32. The van der Waals surface area contributed by atoms with Crippen molar-refractivity contribution >= 4 is 39.7 Å². The zero-order chi connectivity index (χ0) is 22.0. The minimum Gasteiger partial charge on any atom is -0.456 e.